The molecule has 0 radical (unpaired) electrons. The first-order valence-electron chi connectivity index (χ1n) is 6.11. The number of aromatic amines is 2. The van der Waals surface area contributed by atoms with Gasteiger partial charge in [0.25, 0.3) is 0 Å². The Morgan fingerprint density at radius 1 is 0.857 bits per heavy atom. The first-order chi connectivity index (χ1) is 10.0. The molecule has 0 bridgehead atoms. The number of aromatic nitrogens is 2. The molecular formula is C15H9IN2O3. The lowest BCUT2D eigenvalue weighted by Crippen LogP contribution is -2.28. The fourth-order valence-electron chi connectivity index (χ4n) is 2.05. The summed E-state index contributed by atoms with van der Waals surface area (Å²) in [5.74, 6) is -0.137. The molecule has 0 aliphatic carbocycles. The summed E-state index contributed by atoms with van der Waals surface area (Å²) in [5.41, 5.74) is 0.496. The van der Waals surface area contributed by atoms with Crippen LogP contribution in [0.5, 0.6) is 0 Å². The Kier molecular flexibility index (Phi) is 3.46. The SMILES string of the molecule is O=C(c1cccc(I)c1)c1ccc2[nH]c(=O)c(=O)[nH]c2c1. The average Bonchev–Trinajstić information content (AvgIpc) is 2.47. The van der Waals surface area contributed by atoms with E-state index in [1.807, 2.05) is 12.1 Å². The standard InChI is InChI=1S/C15H9IN2O3/c16-10-3-1-2-8(6-10)13(19)9-4-5-11-12(7-9)18-15(21)14(20)17-11/h1-7H,(H,17,20)(H,18,21). The molecule has 0 atom stereocenters. The van der Waals surface area contributed by atoms with Crippen molar-refractivity contribution >= 4 is 39.4 Å². The highest BCUT2D eigenvalue weighted by Crippen LogP contribution is 2.16. The predicted octanol–water partition coefficient (Wildman–Crippen LogP) is 2.05. The van der Waals surface area contributed by atoms with E-state index in [2.05, 4.69) is 32.6 Å². The number of H-pyrrole nitrogens is 2. The van der Waals surface area contributed by atoms with E-state index in [0.717, 1.165) is 3.57 Å². The van der Waals surface area contributed by atoms with Crippen molar-refractivity contribution in [3.05, 3.63) is 77.9 Å². The number of hydrogen-bond donors (Lipinski definition) is 2. The molecule has 3 aromatic rings. The second-order valence-corrected chi connectivity index (χ2v) is 5.75. The Labute approximate surface area is 132 Å². The summed E-state index contributed by atoms with van der Waals surface area (Å²) in [6.45, 7) is 0. The molecule has 0 aliphatic rings. The van der Waals surface area contributed by atoms with Crippen LogP contribution in [0.3, 0.4) is 0 Å². The third-order valence-electron chi connectivity index (χ3n) is 3.07. The van der Waals surface area contributed by atoms with Crippen LogP contribution in [0.1, 0.15) is 15.9 Å². The molecule has 1 heterocycles. The monoisotopic (exact) mass is 392 g/mol. The molecule has 0 aliphatic heterocycles. The molecule has 2 aromatic carbocycles. The lowest BCUT2D eigenvalue weighted by atomic mass is 10.0. The molecule has 5 nitrogen and oxygen atoms in total. The number of carbonyl (C=O) groups excluding carboxylic acids is 1. The van der Waals surface area contributed by atoms with Crippen LogP contribution in [0.2, 0.25) is 0 Å². The highest BCUT2D eigenvalue weighted by molar-refractivity contribution is 14.1. The van der Waals surface area contributed by atoms with Gasteiger partial charge in [-0.15, -0.1) is 0 Å². The number of benzene rings is 2. The van der Waals surface area contributed by atoms with Gasteiger partial charge in [0.15, 0.2) is 5.78 Å². The van der Waals surface area contributed by atoms with Crippen LogP contribution in [0.25, 0.3) is 11.0 Å². The van der Waals surface area contributed by atoms with Crippen LogP contribution in [-0.2, 0) is 0 Å². The van der Waals surface area contributed by atoms with Crippen molar-refractivity contribution in [1.29, 1.82) is 0 Å². The summed E-state index contributed by atoms with van der Waals surface area (Å²) in [6, 6.07) is 12.0. The van der Waals surface area contributed by atoms with Crippen molar-refractivity contribution in [2.75, 3.05) is 0 Å². The van der Waals surface area contributed by atoms with E-state index in [9.17, 15) is 14.4 Å². The molecule has 0 amide bonds. The van der Waals surface area contributed by atoms with Crippen molar-refractivity contribution in [2.45, 2.75) is 0 Å². The summed E-state index contributed by atoms with van der Waals surface area (Å²) >= 11 is 2.14. The van der Waals surface area contributed by atoms with Gasteiger partial charge in [-0.05, 0) is 52.9 Å². The fraction of sp³-hybridized carbons (Fsp3) is 0. The lowest BCUT2D eigenvalue weighted by molar-refractivity contribution is 0.103. The highest BCUT2D eigenvalue weighted by Gasteiger charge is 2.10. The van der Waals surface area contributed by atoms with E-state index >= 15 is 0 Å². The minimum absolute atomic E-state index is 0.137. The average molecular weight is 392 g/mol. The second kappa shape index (κ2) is 5.28. The number of carbonyl (C=O) groups is 1. The summed E-state index contributed by atoms with van der Waals surface area (Å²) in [6.07, 6.45) is 0. The molecule has 0 saturated heterocycles. The zero-order chi connectivity index (χ0) is 15.0. The van der Waals surface area contributed by atoms with Gasteiger partial charge in [0.05, 0.1) is 11.0 Å². The number of nitrogens with one attached hydrogen (secondary N) is 2. The topological polar surface area (TPSA) is 82.8 Å². The van der Waals surface area contributed by atoms with Crippen molar-refractivity contribution in [3.63, 3.8) is 0 Å². The van der Waals surface area contributed by atoms with Gasteiger partial charge in [-0.2, -0.15) is 0 Å². The number of fused-ring (bicyclic) bond motifs is 1. The van der Waals surface area contributed by atoms with Gasteiger partial charge >= 0.3 is 11.1 Å². The van der Waals surface area contributed by atoms with Crippen molar-refractivity contribution in [3.8, 4) is 0 Å². The third-order valence-corrected chi connectivity index (χ3v) is 3.74. The van der Waals surface area contributed by atoms with E-state index in [-0.39, 0.29) is 5.78 Å². The Balaban J connectivity index is 2.13. The molecule has 0 unspecified atom stereocenters. The highest BCUT2D eigenvalue weighted by atomic mass is 127. The fourth-order valence-corrected chi connectivity index (χ4v) is 2.60. The summed E-state index contributed by atoms with van der Waals surface area (Å²) in [7, 11) is 0. The van der Waals surface area contributed by atoms with Crippen molar-refractivity contribution < 1.29 is 4.79 Å². The quantitative estimate of drug-likeness (QED) is 0.398. The minimum Gasteiger partial charge on any atom is -0.316 e. The largest absolute Gasteiger partial charge is 0.316 e. The van der Waals surface area contributed by atoms with Gasteiger partial charge in [-0.25, -0.2) is 0 Å². The zero-order valence-corrected chi connectivity index (χ0v) is 12.8. The van der Waals surface area contributed by atoms with Crippen molar-refractivity contribution in [1.82, 2.24) is 9.97 Å². The Morgan fingerprint density at radius 3 is 2.24 bits per heavy atom. The van der Waals surface area contributed by atoms with Crippen LogP contribution < -0.4 is 11.1 Å². The first-order valence-corrected chi connectivity index (χ1v) is 7.19. The molecule has 1 aromatic heterocycles. The van der Waals surface area contributed by atoms with E-state index in [0.29, 0.717) is 22.2 Å². The van der Waals surface area contributed by atoms with Gasteiger partial charge in [0.1, 0.15) is 0 Å². The number of halogens is 1. The van der Waals surface area contributed by atoms with Crippen LogP contribution in [-0.4, -0.2) is 15.8 Å². The van der Waals surface area contributed by atoms with Crippen LogP contribution in [0, 0.1) is 3.57 Å². The summed E-state index contributed by atoms with van der Waals surface area (Å²) in [5, 5.41) is 0. The predicted molar refractivity (Wildman–Crippen MR) is 87.8 cm³/mol. The minimum atomic E-state index is -0.735. The first kappa shape index (κ1) is 13.7. The molecule has 0 fully saturated rings. The second-order valence-electron chi connectivity index (χ2n) is 4.51. The molecule has 21 heavy (non-hydrogen) atoms. The van der Waals surface area contributed by atoms with Crippen molar-refractivity contribution in [2.24, 2.45) is 0 Å². The Hall–Kier alpha value is -2.22. The molecule has 2 N–H and O–H groups in total. The molecule has 0 spiro atoms. The maximum Gasteiger partial charge on any atom is 0.314 e. The lowest BCUT2D eigenvalue weighted by Gasteiger charge is -2.04. The Bertz CT molecular complexity index is 972. The van der Waals surface area contributed by atoms with Gasteiger partial charge in [-0.3, -0.25) is 14.4 Å². The van der Waals surface area contributed by atoms with Crippen LogP contribution >= 0.6 is 22.6 Å². The Morgan fingerprint density at radius 2 is 1.52 bits per heavy atom. The van der Waals surface area contributed by atoms with E-state index < -0.39 is 11.1 Å². The molecule has 6 heteroatoms. The third kappa shape index (κ3) is 2.66. The maximum absolute atomic E-state index is 12.4. The summed E-state index contributed by atoms with van der Waals surface area (Å²) in [4.78, 5) is 39.9. The zero-order valence-electron chi connectivity index (χ0n) is 10.6. The van der Waals surface area contributed by atoms with Gasteiger partial charge in [0.2, 0.25) is 0 Å². The van der Waals surface area contributed by atoms with Gasteiger partial charge in [0, 0.05) is 14.7 Å². The molecule has 3 rings (SSSR count). The van der Waals surface area contributed by atoms with E-state index in [1.54, 1.807) is 30.3 Å². The van der Waals surface area contributed by atoms with Crippen LogP contribution in [0.15, 0.2) is 52.1 Å². The number of rotatable bonds is 2. The van der Waals surface area contributed by atoms with E-state index in [1.165, 1.54) is 0 Å². The number of hydrogen-bond acceptors (Lipinski definition) is 3. The smallest absolute Gasteiger partial charge is 0.314 e. The van der Waals surface area contributed by atoms with E-state index in [4.69, 9.17) is 0 Å². The normalized spacial score (nSPS) is 10.7. The molecular weight excluding hydrogens is 383 g/mol. The van der Waals surface area contributed by atoms with Gasteiger partial charge in [-0.1, -0.05) is 12.1 Å². The summed E-state index contributed by atoms with van der Waals surface area (Å²) < 4.78 is 0.969. The number of ketones is 1. The maximum atomic E-state index is 12.4. The molecule has 0 saturated carbocycles. The molecule has 104 valence electrons. The van der Waals surface area contributed by atoms with Crippen LogP contribution in [0.4, 0.5) is 0 Å². The van der Waals surface area contributed by atoms with Gasteiger partial charge < -0.3 is 9.97 Å².